The lowest BCUT2D eigenvalue weighted by atomic mass is 9.82. The van der Waals surface area contributed by atoms with Gasteiger partial charge in [-0.05, 0) is 25.3 Å². The maximum atomic E-state index is 13.1. The number of hydrogen-bond acceptors (Lipinski definition) is 4. The first-order chi connectivity index (χ1) is 12.9. The molecule has 1 N–H and O–H groups in total. The van der Waals surface area contributed by atoms with Crippen LogP contribution in [-0.2, 0) is 9.53 Å². The Balaban J connectivity index is 2.01. The number of rotatable bonds is 7. The van der Waals surface area contributed by atoms with Crippen molar-refractivity contribution in [3.05, 3.63) is 23.7 Å². The van der Waals surface area contributed by atoms with E-state index in [1.165, 1.54) is 0 Å². The standard InChI is InChI=1S/C22H36N2O4/c1-15(2)12-21(5,6)20(26)24-9-11-28-22(7,14-24)13-23-19(25)17-8-10-27-18(17)16(3)4/h8,10,15-16H,9,11-14H2,1-7H3,(H,23,25). The highest BCUT2D eigenvalue weighted by molar-refractivity contribution is 5.95. The molecule has 1 aliphatic heterocycles. The minimum Gasteiger partial charge on any atom is -0.468 e. The van der Waals surface area contributed by atoms with Gasteiger partial charge in [0.1, 0.15) is 11.4 Å². The predicted molar refractivity (Wildman–Crippen MR) is 109 cm³/mol. The van der Waals surface area contributed by atoms with Crippen molar-refractivity contribution in [2.75, 3.05) is 26.2 Å². The van der Waals surface area contributed by atoms with E-state index in [-0.39, 0.29) is 17.7 Å². The number of nitrogens with one attached hydrogen (secondary N) is 1. The van der Waals surface area contributed by atoms with Gasteiger partial charge >= 0.3 is 0 Å². The van der Waals surface area contributed by atoms with Crippen LogP contribution >= 0.6 is 0 Å². The first-order valence-corrected chi connectivity index (χ1v) is 10.2. The highest BCUT2D eigenvalue weighted by atomic mass is 16.5. The molecule has 2 rings (SSSR count). The molecule has 1 fully saturated rings. The molecule has 6 heteroatoms. The quantitative estimate of drug-likeness (QED) is 0.766. The summed E-state index contributed by atoms with van der Waals surface area (Å²) in [6.07, 6.45) is 2.38. The van der Waals surface area contributed by atoms with Gasteiger partial charge in [0.25, 0.3) is 5.91 Å². The zero-order valence-corrected chi connectivity index (χ0v) is 18.4. The van der Waals surface area contributed by atoms with Gasteiger partial charge in [-0.2, -0.15) is 0 Å². The molecule has 1 aromatic rings. The van der Waals surface area contributed by atoms with E-state index >= 15 is 0 Å². The van der Waals surface area contributed by atoms with Crippen LogP contribution in [0.15, 0.2) is 16.7 Å². The fourth-order valence-corrected chi connectivity index (χ4v) is 4.07. The number of amides is 2. The van der Waals surface area contributed by atoms with E-state index in [4.69, 9.17) is 9.15 Å². The van der Waals surface area contributed by atoms with Gasteiger partial charge in [0.2, 0.25) is 5.91 Å². The SMILES string of the molecule is CC(C)CC(C)(C)C(=O)N1CCOC(C)(CNC(=O)c2ccoc2C(C)C)C1. The molecule has 1 aromatic heterocycles. The Kier molecular flexibility index (Phi) is 6.97. The highest BCUT2D eigenvalue weighted by Crippen LogP contribution is 2.30. The van der Waals surface area contributed by atoms with Crippen LogP contribution in [0.5, 0.6) is 0 Å². The van der Waals surface area contributed by atoms with Crippen LogP contribution in [0.25, 0.3) is 0 Å². The Hall–Kier alpha value is -1.82. The van der Waals surface area contributed by atoms with E-state index in [1.807, 2.05) is 39.5 Å². The molecule has 0 spiro atoms. The minimum absolute atomic E-state index is 0.133. The van der Waals surface area contributed by atoms with E-state index in [2.05, 4.69) is 19.2 Å². The lowest BCUT2D eigenvalue weighted by Crippen LogP contribution is -2.58. The molecule has 1 unspecified atom stereocenters. The van der Waals surface area contributed by atoms with E-state index in [1.54, 1.807) is 12.3 Å². The number of ether oxygens (including phenoxy) is 1. The summed E-state index contributed by atoms with van der Waals surface area (Å²) in [7, 11) is 0. The molecule has 2 amide bonds. The van der Waals surface area contributed by atoms with Crippen LogP contribution in [0.1, 0.15) is 76.9 Å². The summed E-state index contributed by atoms with van der Waals surface area (Å²) < 4.78 is 11.4. The van der Waals surface area contributed by atoms with E-state index in [0.29, 0.717) is 43.5 Å². The van der Waals surface area contributed by atoms with E-state index in [9.17, 15) is 9.59 Å². The van der Waals surface area contributed by atoms with Crippen LogP contribution < -0.4 is 5.32 Å². The van der Waals surface area contributed by atoms with E-state index in [0.717, 1.165) is 6.42 Å². The van der Waals surface area contributed by atoms with Crippen molar-refractivity contribution < 1.29 is 18.7 Å². The van der Waals surface area contributed by atoms with Crippen molar-refractivity contribution in [1.29, 1.82) is 0 Å². The largest absolute Gasteiger partial charge is 0.468 e. The molecule has 2 heterocycles. The van der Waals surface area contributed by atoms with Gasteiger partial charge in [-0.25, -0.2) is 0 Å². The summed E-state index contributed by atoms with van der Waals surface area (Å²) in [5, 5.41) is 2.96. The monoisotopic (exact) mass is 392 g/mol. The van der Waals surface area contributed by atoms with Crippen LogP contribution in [-0.4, -0.2) is 48.6 Å². The van der Waals surface area contributed by atoms with Crippen molar-refractivity contribution >= 4 is 11.8 Å². The first kappa shape index (κ1) is 22.5. The van der Waals surface area contributed by atoms with Crippen molar-refractivity contribution in [3.63, 3.8) is 0 Å². The van der Waals surface area contributed by atoms with Gasteiger partial charge in [-0.15, -0.1) is 0 Å². The first-order valence-electron chi connectivity index (χ1n) is 10.2. The molecule has 1 saturated heterocycles. The maximum absolute atomic E-state index is 13.1. The average Bonchev–Trinajstić information content (AvgIpc) is 3.08. The van der Waals surface area contributed by atoms with Crippen molar-refractivity contribution in [3.8, 4) is 0 Å². The van der Waals surface area contributed by atoms with Gasteiger partial charge in [-0.3, -0.25) is 9.59 Å². The summed E-state index contributed by atoms with van der Waals surface area (Å²) in [5.74, 6) is 1.24. The molecule has 28 heavy (non-hydrogen) atoms. The van der Waals surface area contributed by atoms with Crippen LogP contribution in [0.3, 0.4) is 0 Å². The number of nitrogens with zero attached hydrogens (tertiary/aromatic N) is 1. The predicted octanol–water partition coefficient (Wildman–Crippen LogP) is 3.82. The molecule has 0 aliphatic carbocycles. The second-order valence-corrected chi connectivity index (χ2v) is 9.54. The second-order valence-electron chi connectivity index (χ2n) is 9.54. The molecular weight excluding hydrogens is 356 g/mol. The number of carbonyl (C=O) groups excluding carboxylic acids is 2. The van der Waals surface area contributed by atoms with Crippen LogP contribution in [0, 0.1) is 11.3 Å². The van der Waals surface area contributed by atoms with Gasteiger partial charge < -0.3 is 19.4 Å². The van der Waals surface area contributed by atoms with Crippen molar-refractivity contribution in [2.24, 2.45) is 11.3 Å². The Labute approximate surface area is 169 Å². The number of carbonyl (C=O) groups is 2. The molecule has 158 valence electrons. The maximum Gasteiger partial charge on any atom is 0.254 e. The normalized spacial score (nSPS) is 20.7. The fraction of sp³-hybridized carbons (Fsp3) is 0.727. The summed E-state index contributed by atoms with van der Waals surface area (Å²) in [5.41, 5.74) is -0.460. The third-order valence-electron chi connectivity index (χ3n) is 5.21. The summed E-state index contributed by atoms with van der Waals surface area (Å²) in [6, 6.07) is 1.69. The molecule has 0 saturated carbocycles. The average molecular weight is 393 g/mol. The third kappa shape index (κ3) is 5.37. The minimum atomic E-state index is -0.612. The van der Waals surface area contributed by atoms with Crippen LogP contribution in [0.4, 0.5) is 0 Å². The summed E-state index contributed by atoms with van der Waals surface area (Å²) in [4.78, 5) is 27.5. The topological polar surface area (TPSA) is 71.8 Å². The highest BCUT2D eigenvalue weighted by Gasteiger charge is 2.39. The van der Waals surface area contributed by atoms with Gasteiger partial charge in [-0.1, -0.05) is 41.5 Å². The summed E-state index contributed by atoms with van der Waals surface area (Å²) in [6.45, 7) is 16.1. The van der Waals surface area contributed by atoms with E-state index < -0.39 is 11.0 Å². The molecule has 0 aromatic carbocycles. The number of hydrogen-bond donors (Lipinski definition) is 1. The lowest BCUT2D eigenvalue weighted by molar-refractivity contribution is -0.156. The number of furan rings is 1. The summed E-state index contributed by atoms with van der Waals surface area (Å²) >= 11 is 0. The molecule has 0 bridgehead atoms. The lowest BCUT2D eigenvalue weighted by Gasteiger charge is -2.43. The molecule has 1 aliphatic rings. The number of morpholine rings is 1. The second kappa shape index (κ2) is 8.68. The molecular formula is C22H36N2O4. The Bertz CT molecular complexity index is 692. The van der Waals surface area contributed by atoms with Crippen molar-refractivity contribution in [1.82, 2.24) is 10.2 Å². The Morgan fingerprint density at radius 1 is 1.29 bits per heavy atom. The Morgan fingerprint density at radius 2 is 1.96 bits per heavy atom. The molecule has 0 radical (unpaired) electrons. The van der Waals surface area contributed by atoms with Gasteiger partial charge in [0.15, 0.2) is 0 Å². The molecule has 6 nitrogen and oxygen atoms in total. The van der Waals surface area contributed by atoms with Crippen LogP contribution in [0.2, 0.25) is 0 Å². The Morgan fingerprint density at radius 3 is 2.57 bits per heavy atom. The van der Waals surface area contributed by atoms with Crippen molar-refractivity contribution in [2.45, 2.75) is 66.4 Å². The fourth-order valence-electron chi connectivity index (χ4n) is 4.07. The van der Waals surface area contributed by atoms with Gasteiger partial charge in [0, 0.05) is 24.4 Å². The zero-order valence-electron chi connectivity index (χ0n) is 18.4. The third-order valence-corrected chi connectivity index (χ3v) is 5.21. The van der Waals surface area contributed by atoms with Gasteiger partial charge in [0.05, 0.1) is 25.0 Å². The zero-order chi connectivity index (χ0) is 21.1. The molecule has 1 atom stereocenters. The smallest absolute Gasteiger partial charge is 0.254 e.